The largest absolute Gasteiger partial charge is 0.493 e. The minimum absolute atomic E-state index is 0.115. The molecule has 6 rings (SSSR count). The third-order valence-electron chi connectivity index (χ3n) is 9.84. The van der Waals surface area contributed by atoms with E-state index < -0.39 is 12.0 Å². The maximum atomic E-state index is 12.2. The number of β-amino-alcohol motifs (C(OH)–C–C–N with tert-alkyl or cyclic N) is 1. The zero-order chi connectivity index (χ0) is 38.7. The second-order valence-corrected chi connectivity index (χ2v) is 14.1. The van der Waals surface area contributed by atoms with Crippen molar-refractivity contribution >= 4 is 17.6 Å². The van der Waals surface area contributed by atoms with E-state index in [1.807, 2.05) is 30.3 Å². The van der Waals surface area contributed by atoms with Crippen LogP contribution in [0.4, 0.5) is 0 Å². The number of ether oxygens (including phenoxy) is 3. The summed E-state index contributed by atoms with van der Waals surface area (Å²) in [4.78, 5) is 18.6. The Hall–Kier alpha value is -5.44. The van der Waals surface area contributed by atoms with Crippen molar-refractivity contribution in [2.24, 2.45) is 0 Å². The normalized spacial score (nSPS) is 14.6. The molecule has 0 amide bonds. The van der Waals surface area contributed by atoms with Crippen LogP contribution in [0.25, 0.3) is 11.1 Å². The van der Waals surface area contributed by atoms with E-state index in [9.17, 15) is 20.3 Å². The first-order valence-corrected chi connectivity index (χ1v) is 18.7. The van der Waals surface area contributed by atoms with Gasteiger partial charge in [0.05, 0.1) is 23.3 Å². The Labute approximate surface area is 326 Å². The fourth-order valence-corrected chi connectivity index (χ4v) is 7.03. The van der Waals surface area contributed by atoms with Crippen LogP contribution in [0.15, 0.2) is 97.3 Å². The molecule has 0 radical (unpaired) electrons. The summed E-state index contributed by atoms with van der Waals surface area (Å²) in [6.07, 6.45) is 4.62. The Bertz CT molecular complexity index is 2140. The number of benzene rings is 4. The smallest absolute Gasteiger partial charge is 0.325 e. The SMILES string of the molecule is Cc1c(COc2cc(OCc3cncc(C#N)c3)c(CN[C@H](C(=O)O)c3ccccc3)cc2Cl)cccc1-c1cccc(OCCCN2CCC(O)C2)c1C. The summed E-state index contributed by atoms with van der Waals surface area (Å²) in [7, 11) is 0. The second-order valence-electron chi connectivity index (χ2n) is 13.7. The van der Waals surface area contributed by atoms with Crippen LogP contribution < -0.4 is 19.5 Å². The molecular formula is C44H45ClN4O6. The van der Waals surface area contributed by atoms with Crippen molar-refractivity contribution in [2.45, 2.75) is 58.6 Å². The van der Waals surface area contributed by atoms with Gasteiger partial charge >= 0.3 is 5.97 Å². The first-order valence-electron chi connectivity index (χ1n) is 18.3. The van der Waals surface area contributed by atoms with Crippen LogP contribution in [-0.4, -0.2) is 58.4 Å². The number of pyridine rings is 1. The standard InChI is InChI=1S/C44H45ClN4O6/c1-29-34(11-6-12-37(29)38-13-7-14-40(30(38)2)53-18-8-16-49-17-15-36(50)26-49)28-55-42-21-41(54-27-32-19-31(22-46)23-47-24-32)35(20-39(42)45)25-48-43(44(51)52)33-9-4-3-5-10-33/h3-7,9-14,19-21,23-24,36,43,48,50H,8,15-18,25-28H2,1-2H3,(H,51,52)/t36?,43-/m0/s1. The zero-order valence-corrected chi connectivity index (χ0v) is 31.8. The lowest BCUT2D eigenvalue weighted by molar-refractivity contribution is -0.139. The van der Waals surface area contributed by atoms with Gasteiger partial charge in [0.2, 0.25) is 0 Å². The van der Waals surface area contributed by atoms with E-state index >= 15 is 0 Å². The number of nitrogens with zero attached hydrogens (tertiary/aromatic N) is 3. The third-order valence-corrected chi connectivity index (χ3v) is 10.1. The molecule has 1 aliphatic heterocycles. The molecule has 11 heteroatoms. The van der Waals surface area contributed by atoms with E-state index in [-0.39, 0.29) is 25.9 Å². The Kier molecular flexibility index (Phi) is 13.4. The van der Waals surface area contributed by atoms with Gasteiger partial charge in [-0.15, -0.1) is 0 Å². The van der Waals surface area contributed by atoms with Crippen molar-refractivity contribution < 1.29 is 29.2 Å². The van der Waals surface area contributed by atoms with Crippen molar-refractivity contribution in [1.82, 2.24) is 15.2 Å². The van der Waals surface area contributed by atoms with E-state index in [0.29, 0.717) is 45.4 Å². The molecule has 1 unspecified atom stereocenters. The quantitative estimate of drug-likeness (QED) is 0.0806. The number of hydrogen-bond donors (Lipinski definition) is 3. The number of aliphatic carboxylic acids is 1. The number of aromatic nitrogens is 1. The van der Waals surface area contributed by atoms with E-state index in [1.165, 1.54) is 6.20 Å². The second kappa shape index (κ2) is 18.7. The van der Waals surface area contributed by atoms with Crippen molar-refractivity contribution in [3.63, 3.8) is 0 Å². The Morgan fingerprint density at radius 3 is 2.44 bits per heavy atom. The monoisotopic (exact) mass is 760 g/mol. The van der Waals surface area contributed by atoms with Gasteiger partial charge in [0.15, 0.2) is 0 Å². The molecule has 55 heavy (non-hydrogen) atoms. The number of rotatable bonds is 17. The van der Waals surface area contributed by atoms with E-state index in [1.54, 1.807) is 48.7 Å². The molecule has 0 aliphatic carbocycles. The number of carboxylic acids is 1. The number of hydrogen-bond acceptors (Lipinski definition) is 9. The predicted molar refractivity (Wildman–Crippen MR) is 211 cm³/mol. The fraction of sp³-hybridized carbons (Fsp3) is 0.295. The number of nitrogens with one attached hydrogen (secondary N) is 1. The van der Waals surface area contributed by atoms with Gasteiger partial charge in [0.1, 0.15) is 42.6 Å². The van der Waals surface area contributed by atoms with E-state index in [4.69, 9.17) is 25.8 Å². The molecule has 10 nitrogen and oxygen atoms in total. The van der Waals surface area contributed by atoms with Gasteiger partial charge in [0.25, 0.3) is 0 Å². The topological polar surface area (TPSA) is 137 Å². The van der Waals surface area contributed by atoms with Gasteiger partial charge in [-0.3, -0.25) is 15.1 Å². The lowest BCUT2D eigenvalue weighted by Crippen LogP contribution is -2.28. The highest BCUT2D eigenvalue weighted by atomic mass is 35.5. The molecule has 0 saturated carbocycles. The first-order chi connectivity index (χ1) is 26.7. The van der Waals surface area contributed by atoms with Gasteiger partial charge in [-0.1, -0.05) is 72.3 Å². The summed E-state index contributed by atoms with van der Waals surface area (Å²) in [5.74, 6) is 0.688. The van der Waals surface area contributed by atoms with Gasteiger partial charge < -0.3 is 29.3 Å². The van der Waals surface area contributed by atoms with E-state index in [2.05, 4.69) is 47.3 Å². The molecule has 5 aromatic rings. The average Bonchev–Trinajstić information content (AvgIpc) is 3.61. The molecule has 4 aromatic carbocycles. The number of carbonyl (C=O) groups is 1. The highest BCUT2D eigenvalue weighted by molar-refractivity contribution is 6.32. The van der Waals surface area contributed by atoms with Crippen LogP contribution in [0.3, 0.4) is 0 Å². The Morgan fingerprint density at radius 1 is 0.927 bits per heavy atom. The lowest BCUT2D eigenvalue weighted by Gasteiger charge is -2.20. The van der Waals surface area contributed by atoms with Crippen molar-refractivity contribution in [2.75, 3.05) is 26.2 Å². The van der Waals surface area contributed by atoms with Gasteiger partial charge in [-0.2, -0.15) is 5.26 Å². The molecule has 1 saturated heterocycles. The number of carboxylic acid groups (broad SMARTS) is 1. The van der Waals surface area contributed by atoms with Crippen LogP contribution in [0, 0.1) is 25.2 Å². The van der Waals surface area contributed by atoms with Gasteiger partial charge in [-0.05, 0) is 78.3 Å². The first kappa shape index (κ1) is 39.3. The summed E-state index contributed by atoms with van der Waals surface area (Å²) in [5.41, 5.74) is 7.62. The average molecular weight is 761 g/mol. The number of nitriles is 1. The molecule has 2 atom stereocenters. The number of likely N-dealkylation sites (tertiary alicyclic amines) is 1. The van der Waals surface area contributed by atoms with Crippen LogP contribution >= 0.6 is 11.6 Å². The maximum Gasteiger partial charge on any atom is 0.325 e. The third kappa shape index (κ3) is 10.2. The van der Waals surface area contributed by atoms with Gasteiger partial charge in [0, 0.05) is 55.8 Å². The molecule has 0 bridgehead atoms. The number of halogens is 1. The van der Waals surface area contributed by atoms with Gasteiger partial charge in [-0.25, -0.2) is 0 Å². The molecular weight excluding hydrogens is 716 g/mol. The molecule has 0 spiro atoms. The van der Waals surface area contributed by atoms with E-state index in [0.717, 1.165) is 66.0 Å². The van der Waals surface area contributed by atoms with Crippen LogP contribution in [0.1, 0.15) is 57.8 Å². The fourth-order valence-electron chi connectivity index (χ4n) is 6.79. The highest BCUT2D eigenvalue weighted by Crippen LogP contribution is 2.36. The minimum atomic E-state index is -1.01. The molecule has 1 aromatic heterocycles. The minimum Gasteiger partial charge on any atom is -0.493 e. The maximum absolute atomic E-state index is 12.2. The summed E-state index contributed by atoms with van der Waals surface area (Å²) in [5, 5.41) is 32.6. The summed E-state index contributed by atoms with van der Waals surface area (Å²) < 4.78 is 18.8. The number of aliphatic hydroxyl groups is 1. The Morgan fingerprint density at radius 2 is 1.69 bits per heavy atom. The Balaban J connectivity index is 1.18. The summed E-state index contributed by atoms with van der Waals surface area (Å²) >= 11 is 6.82. The van der Waals surface area contributed by atoms with Crippen LogP contribution in [0.5, 0.6) is 17.2 Å². The zero-order valence-electron chi connectivity index (χ0n) is 31.0. The molecule has 3 N–H and O–H groups in total. The van der Waals surface area contributed by atoms with Crippen molar-refractivity contribution in [3.05, 3.63) is 141 Å². The number of aliphatic hydroxyl groups excluding tert-OH is 1. The summed E-state index contributed by atoms with van der Waals surface area (Å²) in [6.45, 7) is 7.81. The predicted octanol–water partition coefficient (Wildman–Crippen LogP) is 7.80. The van der Waals surface area contributed by atoms with Crippen molar-refractivity contribution in [3.8, 4) is 34.4 Å². The molecule has 1 fully saturated rings. The van der Waals surface area contributed by atoms with Crippen LogP contribution in [0.2, 0.25) is 5.02 Å². The van der Waals surface area contributed by atoms with Crippen molar-refractivity contribution in [1.29, 1.82) is 5.26 Å². The lowest BCUT2D eigenvalue weighted by atomic mass is 9.93. The summed E-state index contributed by atoms with van der Waals surface area (Å²) in [6, 6.07) is 27.5. The molecule has 2 heterocycles. The molecule has 284 valence electrons. The van der Waals surface area contributed by atoms with Crippen LogP contribution in [-0.2, 0) is 24.6 Å². The molecule has 1 aliphatic rings. The highest BCUT2D eigenvalue weighted by Gasteiger charge is 2.22.